The number of fused-ring (bicyclic) bond motifs is 6. The molecule has 0 radical (unpaired) electrons. The van der Waals surface area contributed by atoms with Gasteiger partial charge >= 0.3 is 0 Å². The van der Waals surface area contributed by atoms with Crippen LogP contribution in [0, 0.1) is 40.9 Å². The second-order valence-electron chi connectivity index (χ2n) is 10.4. The lowest BCUT2D eigenvalue weighted by Gasteiger charge is -2.58. The third kappa shape index (κ3) is 2.46. The fourth-order valence-corrected chi connectivity index (χ4v) is 8.58. The van der Waals surface area contributed by atoms with E-state index in [4.69, 9.17) is 18.0 Å². The Hall–Kier alpha value is -1.29. The topological polar surface area (TPSA) is 72.2 Å². The zero-order chi connectivity index (χ0) is 21.7. The van der Waals surface area contributed by atoms with Crippen molar-refractivity contribution in [2.75, 3.05) is 6.26 Å². The Kier molecular flexibility index (Phi) is 4.22. The minimum atomic E-state index is -3.45. The van der Waals surface area contributed by atoms with Gasteiger partial charge in [0.05, 0.1) is 11.3 Å². The van der Waals surface area contributed by atoms with Gasteiger partial charge < -0.3 is 5.11 Å². The molecule has 1 N–H and O–H groups in total. The van der Waals surface area contributed by atoms with Gasteiger partial charge in [-0.25, -0.2) is 8.42 Å². The van der Waals surface area contributed by atoms with Crippen LogP contribution in [0.15, 0.2) is 11.8 Å². The van der Waals surface area contributed by atoms with Gasteiger partial charge in [0.25, 0.3) is 10.0 Å². The smallest absolute Gasteiger partial charge is 0.250 e. The van der Waals surface area contributed by atoms with E-state index >= 15 is 0 Å². The summed E-state index contributed by atoms with van der Waals surface area (Å²) in [5.41, 5.74) is 1.41. The molecule has 3 unspecified atom stereocenters. The van der Waals surface area contributed by atoms with Crippen LogP contribution in [0.4, 0.5) is 0 Å². The summed E-state index contributed by atoms with van der Waals surface area (Å²) in [6, 6.07) is 0. The van der Waals surface area contributed by atoms with Gasteiger partial charge in [-0.2, -0.15) is 9.19 Å². The van der Waals surface area contributed by atoms with Crippen LogP contribution in [0.2, 0.25) is 0 Å². The molecule has 3 saturated carbocycles. The number of hydrogen-bond donors (Lipinski definition) is 1. The Balaban J connectivity index is 1.56. The highest BCUT2D eigenvalue weighted by molar-refractivity contribution is 7.89. The highest BCUT2D eigenvalue weighted by Gasteiger charge is 2.64. The number of aromatic nitrogens is 2. The van der Waals surface area contributed by atoms with Crippen molar-refractivity contribution in [3.05, 3.63) is 23.0 Å². The summed E-state index contributed by atoms with van der Waals surface area (Å²) in [7, 11) is -3.45. The minimum absolute atomic E-state index is 0.115. The molecule has 0 spiro atoms. The van der Waals surface area contributed by atoms with E-state index in [2.05, 4.69) is 24.9 Å². The summed E-state index contributed by atoms with van der Waals surface area (Å²) in [5, 5.41) is 16.1. The molecule has 162 valence electrons. The largest absolute Gasteiger partial charge is 0.377 e. The Morgan fingerprint density at radius 2 is 1.97 bits per heavy atom. The first-order valence-corrected chi connectivity index (χ1v) is 13.1. The maximum Gasteiger partial charge on any atom is 0.250 e. The van der Waals surface area contributed by atoms with Crippen LogP contribution in [-0.2, 0) is 16.4 Å². The number of rotatable bonds is 1. The Morgan fingerprint density at radius 3 is 2.63 bits per heavy atom. The number of allylic oxidation sites excluding steroid dienone is 1. The molecular weight excluding hydrogens is 420 g/mol. The maximum absolute atomic E-state index is 12.0. The van der Waals surface area contributed by atoms with E-state index in [0.29, 0.717) is 34.9 Å². The molecule has 3 fully saturated rings. The van der Waals surface area contributed by atoms with Crippen molar-refractivity contribution < 1.29 is 13.5 Å². The molecule has 30 heavy (non-hydrogen) atoms. The SMILES string of the molecule is C#C[C@]1(O)CCC2C3CCC4=C(Cl)c5nn(S(C)(=O)=O)cc5C[C@]4(C)C3CC[C@@]21C. The lowest BCUT2D eigenvalue weighted by atomic mass is 9.46. The highest BCUT2D eigenvalue weighted by Crippen LogP contribution is 2.68. The molecule has 1 heterocycles. The van der Waals surface area contributed by atoms with E-state index in [9.17, 15) is 13.5 Å². The van der Waals surface area contributed by atoms with Crippen LogP contribution < -0.4 is 0 Å². The van der Waals surface area contributed by atoms with Gasteiger partial charge in [0, 0.05) is 17.2 Å². The van der Waals surface area contributed by atoms with Crippen molar-refractivity contribution in [3.63, 3.8) is 0 Å². The first kappa shape index (κ1) is 20.6. The van der Waals surface area contributed by atoms with E-state index in [1.807, 2.05) is 0 Å². The van der Waals surface area contributed by atoms with Crippen molar-refractivity contribution in [3.8, 4) is 12.3 Å². The average molecular weight is 449 g/mol. The molecule has 0 saturated heterocycles. The number of aliphatic hydroxyl groups is 1. The van der Waals surface area contributed by atoms with Crippen molar-refractivity contribution in [1.29, 1.82) is 0 Å². The van der Waals surface area contributed by atoms with Gasteiger partial charge in [0.2, 0.25) is 0 Å². The molecule has 4 aliphatic carbocycles. The summed E-state index contributed by atoms with van der Waals surface area (Å²) in [6.45, 7) is 4.49. The highest BCUT2D eigenvalue weighted by atomic mass is 35.5. The molecule has 7 heteroatoms. The predicted octanol–water partition coefficient (Wildman–Crippen LogP) is 3.80. The Morgan fingerprint density at radius 1 is 1.27 bits per heavy atom. The second-order valence-corrected chi connectivity index (χ2v) is 12.7. The second kappa shape index (κ2) is 6.15. The maximum atomic E-state index is 12.0. The monoisotopic (exact) mass is 448 g/mol. The summed E-state index contributed by atoms with van der Waals surface area (Å²) in [4.78, 5) is 0. The first-order chi connectivity index (χ1) is 13.9. The van der Waals surface area contributed by atoms with Gasteiger partial charge in [0.15, 0.2) is 0 Å². The summed E-state index contributed by atoms with van der Waals surface area (Å²) < 4.78 is 25.1. The van der Waals surface area contributed by atoms with Gasteiger partial charge in [-0.1, -0.05) is 31.4 Å². The molecule has 1 aromatic rings. The number of hydrogen-bond acceptors (Lipinski definition) is 4. The van der Waals surface area contributed by atoms with Gasteiger partial charge in [-0.3, -0.25) is 0 Å². The Bertz CT molecular complexity index is 1120. The normalized spacial score (nSPS) is 42.7. The zero-order valence-corrected chi connectivity index (χ0v) is 19.4. The quantitative estimate of drug-likeness (QED) is 0.663. The zero-order valence-electron chi connectivity index (χ0n) is 17.8. The number of terminal acetylenes is 1. The van der Waals surface area contributed by atoms with E-state index in [1.54, 1.807) is 6.20 Å². The minimum Gasteiger partial charge on any atom is -0.377 e. The summed E-state index contributed by atoms with van der Waals surface area (Å²) in [6.07, 6.45) is 14.8. The number of halogens is 1. The molecule has 6 atom stereocenters. The van der Waals surface area contributed by atoms with Crippen LogP contribution in [0.25, 0.3) is 5.03 Å². The molecule has 0 aromatic carbocycles. The van der Waals surface area contributed by atoms with Crippen LogP contribution in [0.5, 0.6) is 0 Å². The summed E-state index contributed by atoms with van der Waals surface area (Å²) in [5.74, 6) is 4.09. The van der Waals surface area contributed by atoms with Crippen molar-refractivity contribution >= 4 is 26.7 Å². The van der Waals surface area contributed by atoms with Crippen molar-refractivity contribution in [2.45, 2.75) is 64.4 Å². The first-order valence-electron chi connectivity index (χ1n) is 10.8. The molecule has 0 aliphatic heterocycles. The lowest BCUT2D eigenvalue weighted by molar-refractivity contribution is -0.0975. The Labute approximate surface area is 183 Å². The third-order valence-corrected chi connectivity index (χ3v) is 10.5. The summed E-state index contributed by atoms with van der Waals surface area (Å²) >= 11 is 6.85. The van der Waals surface area contributed by atoms with Gasteiger partial charge in [-0.05, 0) is 73.7 Å². The molecule has 0 bridgehead atoms. The van der Waals surface area contributed by atoms with Crippen molar-refractivity contribution in [2.24, 2.45) is 28.6 Å². The van der Waals surface area contributed by atoms with Crippen molar-refractivity contribution in [1.82, 2.24) is 9.19 Å². The van der Waals surface area contributed by atoms with Gasteiger partial charge in [-0.15, -0.1) is 6.42 Å². The molecule has 1 aromatic heterocycles. The average Bonchev–Trinajstić information content (AvgIpc) is 3.21. The van der Waals surface area contributed by atoms with E-state index in [-0.39, 0.29) is 10.8 Å². The molecule has 0 amide bonds. The predicted molar refractivity (Wildman–Crippen MR) is 117 cm³/mol. The molecule has 5 nitrogen and oxygen atoms in total. The van der Waals surface area contributed by atoms with Crippen LogP contribution in [-0.4, -0.2) is 34.6 Å². The van der Waals surface area contributed by atoms with Crippen LogP contribution in [0.3, 0.4) is 0 Å². The standard InChI is InChI=1S/C23H29ClN2O3S/c1-5-23(27)11-9-17-15-6-7-18-19(24)20-14(13-26(25-20)30(4,28)29)12-21(18,2)16(15)8-10-22(17,23)3/h1,13,15-17,27H,6-12H2,2-4H3/t15?,16?,17?,21-,22+,23+/m1/s1. The molecule has 4 aliphatic rings. The fourth-order valence-electron chi connectivity index (χ4n) is 7.56. The molecule has 5 rings (SSSR count). The van der Waals surface area contributed by atoms with E-state index < -0.39 is 15.6 Å². The van der Waals surface area contributed by atoms with E-state index in [1.165, 1.54) is 5.57 Å². The fraction of sp³-hybridized carbons (Fsp3) is 0.696. The lowest BCUT2D eigenvalue weighted by Crippen LogP contribution is -2.54. The third-order valence-electron chi connectivity index (χ3n) is 9.20. The molecular formula is C23H29ClN2O3S. The number of nitrogens with zero attached hydrogens (tertiary/aromatic N) is 2. The van der Waals surface area contributed by atoms with Crippen LogP contribution in [0.1, 0.15) is 63.6 Å². The van der Waals surface area contributed by atoms with E-state index in [0.717, 1.165) is 54.4 Å². The van der Waals surface area contributed by atoms with Crippen LogP contribution >= 0.6 is 11.6 Å². The van der Waals surface area contributed by atoms with Gasteiger partial charge in [0.1, 0.15) is 11.3 Å².